The minimum atomic E-state index is 0.0284. The monoisotopic (exact) mass is 268 g/mol. The Bertz CT molecular complexity index is 550. The Morgan fingerprint density at radius 1 is 0.650 bits per heavy atom. The molecule has 1 nitrogen and oxygen atoms in total. The molecule has 0 radical (unpaired) electrons. The highest BCUT2D eigenvalue weighted by atomic mass is 16.5. The molecule has 0 heterocycles. The fourth-order valence-electron chi connectivity index (χ4n) is 2.58. The fraction of sp³-hybridized carbons (Fsp3) is 0.368. The van der Waals surface area contributed by atoms with Gasteiger partial charge in [0.15, 0.2) is 0 Å². The average molecular weight is 268 g/mol. The quantitative estimate of drug-likeness (QED) is 0.762. The van der Waals surface area contributed by atoms with Gasteiger partial charge in [-0.2, -0.15) is 0 Å². The van der Waals surface area contributed by atoms with E-state index in [2.05, 4.69) is 70.2 Å². The molecule has 0 aliphatic carbocycles. The molecular weight excluding hydrogens is 244 g/mol. The van der Waals surface area contributed by atoms with Crippen molar-refractivity contribution in [3.8, 4) is 5.75 Å². The van der Waals surface area contributed by atoms with Crippen LogP contribution in [0.3, 0.4) is 0 Å². The summed E-state index contributed by atoms with van der Waals surface area (Å²) in [5, 5.41) is 0. The second kappa shape index (κ2) is 5.32. The molecule has 0 saturated carbocycles. The van der Waals surface area contributed by atoms with Crippen LogP contribution < -0.4 is 4.74 Å². The van der Waals surface area contributed by atoms with Crippen LogP contribution in [0, 0.1) is 0 Å². The highest BCUT2D eigenvalue weighted by Crippen LogP contribution is 2.43. The van der Waals surface area contributed by atoms with E-state index in [9.17, 15) is 0 Å². The highest BCUT2D eigenvalue weighted by molar-refractivity contribution is 5.38. The van der Waals surface area contributed by atoms with E-state index >= 15 is 0 Å². The molecular formula is C19H24O. The SMILES string of the molecule is COc1ccc(C(C)(C)C(C)(C)c2ccccc2)cc1. The molecule has 20 heavy (non-hydrogen) atoms. The molecule has 0 atom stereocenters. The third-order valence-corrected chi connectivity index (χ3v) is 4.87. The summed E-state index contributed by atoms with van der Waals surface area (Å²) < 4.78 is 5.25. The summed E-state index contributed by atoms with van der Waals surface area (Å²) in [6.45, 7) is 9.24. The predicted molar refractivity (Wildman–Crippen MR) is 85.5 cm³/mol. The molecule has 2 aromatic rings. The number of hydrogen-bond donors (Lipinski definition) is 0. The van der Waals surface area contributed by atoms with Crippen molar-refractivity contribution >= 4 is 0 Å². The van der Waals surface area contributed by atoms with Crippen LogP contribution >= 0.6 is 0 Å². The van der Waals surface area contributed by atoms with Gasteiger partial charge in [0.2, 0.25) is 0 Å². The summed E-state index contributed by atoms with van der Waals surface area (Å²) >= 11 is 0. The summed E-state index contributed by atoms with van der Waals surface area (Å²) in [5.41, 5.74) is 2.76. The maximum absolute atomic E-state index is 5.25. The van der Waals surface area contributed by atoms with Gasteiger partial charge < -0.3 is 4.74 Å². The van der Waals surface area contributed by atoms with Crippen LogP contribution in [0.25, 0.3) is 0 Å². The van der Waals surface area contributed by atoms with Crippen molar-refractivity contribution in [1.29, 1.82) is 0 Å². The number of benzene rings is 2. The lowest BCUT2D eigenvalue weighted by Gasteiger charge is -2.43. The van der Waals surface area contributed by atoms with Crippen molar-refractivity contribution in [2.24, 2.45) is 0 Å². The molecule has 0 amide bonds. The molecule has 2 rings (SSSR count). The Kier molecular flexibility index (Phi) is 3.89. The normalized spacial score (nSPS) is 12.2. The summed E-state index contributed by atoms with van der Waals surface area (Å²) in [5.74, 6) is 0.905. The summed E-state index contributed by atoms with van der Waals surface area (Å²) in [4.78, 5) is 0. The zero-order chi connectivity index (χ0) is 14.8. The minimum Gasteiger partial charge on any atom is -0.497 e. The maximum atomic E-state index is 5.25. The lowest BCUT2D eigenvalue weighted by atomic mass is 9.61. The summed E-state index contributed by atoms with van der Waals surface area (Å²) in [6.07, 6.45) is 0. The van der Waals surface area contributed by atoms with Crippen LogP contribution in [-0.2, 0) is 10.8 Å². The molecule has 0 N–H and O–H groups in total. The zero-order valence-electron chi connectivity index (χ0n) is 13.1. The first-order chi connectivity index (χ1) is 9.39. The van der Waals surface area contributed by atoms with Crippen LogP contribution in [0.4, 0.5) is 0 Å². The molecule has 106 valence electrons. The molecule has 0 unspecified atom stereocenters. The van der Waals surface area contributed by atoms with E-state index in [0.717, 1.165) is 5.75 Å². The Hall–Kier alpha value is -1.76. The lowest BCUT2D eigenvalue weighted by molar-refractivity contribution is 0.302. The van der Waals surface area contributed by atoms with Crippen molar-refractivity contribution in [2.75, 3.05) is 7.11 Å². The van der Waals surface area contributed by atoms with E-state index in [4.69, 9.17) is 4.74 Å². The third kappa shape index (κ3) is 2.45. The van der Waals surface area contributed by atoms with Crippen molar-refractivity contribution in [3.05, 3.63) is 65.7 Å². The van der Waals surface area contributed by atoms with E-state index in [-0.39, 0.29) is 10.8 Å². The average Bonchev–Trinajstić information content (AvgIpc) is 2.48. The van der Waals surface area contributed by atoms with Gasteiger partial charge in [-0.15, -0.1) is 0 Å². The van der Waals surface area contributed by atoms with Gasteiger partial charge in [0, 0.05) is 0 Å². The third-order valence-electron chi connectivity index (χ3n) is 4.87. The maximum Gasteiger partial charge on any atom is 0.118 e. The van der Waals surface area contributed by atoms with Crippen LogP contribution in [-0.4, -0.2) is 7.11 Å². The van der Waals surface area contributed by atoms with Crippen LogP contribution in [0.1, 0.15) is 38.8 Å². The van der Waals surface area contributed by atoms with E-state index in [1.54, 1.807) is 7.11 Å². The molecule has 0 aromatic heterocycles. The van der Waals surface area contributed by atoms with Gasteiger partial charge in [-0.1, -0.05) is 70.2 Å². The van der Waals surface area contributed by atoms with Gasteiger partial charge in [0.05, 0.1) is 7.11 Å². The van der Waals surface area contributed by atoms with E-state index in [0.29, 0.717) is 0 Å². The first kappa shape index (κ1) is 14.6. The standard InChI is InChI=1S/C19H24O/c1-18(2,15-9-7-6-8-10-15)19(3,4)16-11-13-17(20-5)14-12-16/h6-14H,1-5H3. The number of methoxy groups -OCH3 is 1. The van der Waals surface area contributed by atoms with Gasteiger partial charge in [-0.05, 0) is 34.1 Å². The molecule has 0 aliphatic rings. The molecule has 0 aliphatic heterocycles. The smallest absolute Gasteiger partial charge is 0.118 e. The molecule has 0 bridgehead atoms. The molecule has 2 aromatic carbocycles. The van der Waals surface area contributed by atoms with E-state index < -0.39 is 0 Å². The van der Waals surface area contributed by atoms with Crippen molar-refractivity contribution in [3.63, 3.8) is 0 Å². The van der Waals surface area contributed by atoms with Crippen LogP contribution in [0.15, 0.2) is 54.6 Å². The van der Waals surface area contributed by atoms with Crippen molar-refractivity contribution in [1.82, 2.24) is 0 Å². The molecule has 0 fully saturated rings. The predicted octanol–water partition coefficient (Wildman–Crippen LogP) is 4.95. The molecule has 0 spiro atoms. The number of ether oxygens (including phenoxy) is 1. The van der Waals surface area contributed by atoms with Gasteiger partial charge in [-0.3, -0.25) is 0 Å². The van der Waals surface area contributed by atoms with Gasteiger partial charge >= 0.3 is 0 Å². The van der Waals surface area contributed by atoms with Crippen LogP contribution in [0.5, 0.6) is 5.75 Å². The second-order valence-corrected chi connectivity index (χ2v) is 6.34. The van der Waals surface area contributed by atoms with Crippen molar-refractivity contribution < 1.29 is 4.74 Å². The van der Waals surface area contributed by atoms with Gasteiger partial charge in [-0.25, -0.2) is 0 Å². The molecule has 0 saturated heterocycles. The minimum absolute atomic E-state index is 0.0284. The first-order valence-corrected chi connectivity index (χ1v) is 7.09. The highest BCUT2D eigenvalue weighted by Gasteiger charge is 2.39. The van der Waals surface area contributed by atoms with Crippen LogP contribution in [0.2, 0.25) is 0 Å². The summed E-state index contributed by atoms with van der Waals surface area (Å²) in [6, 6.07) is 19.1. The van der Waals surface area contributed by atoms with Gasteiger partial charge in [0.1, 0.15) is 5.75 Å². The Morgan fingerprint density at radius 2 is 1.10 bits per heavy atom. The van der Waals surface area contributed by atoms with Gasteiger partial charge in [0.25, 0.3) is 0 Å². The Morgan fingerprint density at radius 3 is 1.55 bits per heavy atom. The zero-order valence-corrected chi connectivity index (χ0v) is 13.1. The van der Waals surface area contributed by atoms with Crippen molar-refractivity contribution in [2.45, 2.75) is 38.5 Å². The summed E-state index contributed by atoms with van der Waals surface area (Å²) in [7, 11) is 1.70. The number of rotatable bonds is 4. The lowest BCUT2D eigenvalue weighted by Crippen LogP contribution is -2.40. The largest absolute Gasteiger partial charge is 0.497 e. The Balaban J connectivity index is 2.42. The number of hydrogen-bond acceptors (Lipinski definition) is 1. The fourth-order valence-corrected chi connectivity index (χ4v) is 2.58. The molecule has 1 heteroatoms. The van der Waals surface area contributed by atoms with E-state index in [1.165, 1.54) is 11.1 Å². The second-order valence-electron chi connectivity index (χ2n) is 6.34. The first-order valence-electron chi connectivity index (χ1n) is 7.09. The Labute approximate surface area is 122 Å². The topological polar surface area (TPSA) is 9.23 Å². The van der Waals surface area contributed by atoms with E-state index in [1.807, 2.05) is 12.1 Å².